The minimum Gasteiger partial charge on any atom is -0.354 e. The summed E-state index contributed by atoms with van der Waals surface area (Å²) in [5.74, 6) is -0.519. The zero-order valence-corrected chi connectivity index (χ0v) is 19.6. The summed E-state index contributed by atoms with van der Waals surface area (Å²) in [7, 11) is 3.83. The van der Waals surface area contributed by atoms with Crippen LogP contribution in [0.3, 0.4) is 0 Å². The first kappa shape index (κ1) is 21.7. The molecule has 1 aromatic heterocycles. The van der Waals surface area contributed by atoms with Gasteiger partial charge in [-0.05, 0) is 43.6 Å². The molecular formula is C27H32N4O2. The lowest BCUT2D eigenvalue weighted by Gasteiger charge is -2.39. The molecule has 2 amide bonds. The number of para-hydroxylation sites is 1. The summed E-state index contributed by atoms with van der Waals surface area (Å²) in [5.41, 5.74) is 3.54. The number of fused-ring (bicyclic) bond motifs is 2. The van der Waals surface area contributed by atoms with Gasteiger partial charge in [-0.25, -0.2) is 0 Å². The van der Waals surface area contributed by atoms with Crippen molar-refractivity contribution in [3.05, 3.63) is 71.4 Å². The molecule has 3 atom stereocenters. The van der Waals surface area contributed by atoms with Crippen LogP contribution in [-0.4, -0.2) is 58.9 Å². The minimum atomic E-state index is -0.466. The Kier molecular flexibility index (Phi) is 5.71. The Morgan fingerprint density at radius 2 is 1.82 bits per heavy atom. The molecule has 6 nitrogen and oxygen atoms in total. The Morgan fingerprint density at radius 3 is 2.64 bits per heavy atom. The topological polar surface area (TPSA) is 57.6 Å². The van der Waals surface area contributed by atoms with Gasteiger partial charge >= 0.3 is 0 Å². The third-order valence-electron chi connectivity index (χ3n) is 7.53. The van der Waals surface area contributed by atoms with Gasteiger partial charge in [-0.1, -0.05) is 43.3 Å². The van der Waals surface area contributed by atoms with Gasteiger partial charge in [0.05, 0.1) is 12.0 Å². The first-order valence-electron chi connectivity index (χ1n) is 11.9. The highest BCUT2D eigenvalue weighted by atomic mass is 16.2. The summed E-state index contributed by atoms with van der Waals surface area (Å²) in [6.45, 7) is 4.92. The number of hydrogen-bond acceptors (Lipinski definition) is 3. The Bertz CT molecular complexity index is 1200. The summed E-state index contributed by atoms with van der Waals surface area (Å²) in [6.07, 6.45) is 4.36. The number of benzene rings is 2. The van der Waals surface area contributed by atoms with Crippen LogP contribution in [0.5, 0.6) is 0 Å². The Morgan fingerprint density at radius 1 is 1.06 bits per heavy atom. The maximum absolute atomic E-state index is 13.8. The molecular weight excluding hydrogens is 412 g/mol. The lowest BCUT2D eigenvalue weighted by atomic mass is 9.79. The predicted molar refractivity (Wildman–Crippen MR) is 130 cm³/mol. The molecule has 2 aliphatic heterocycles. The lowest BCUT2D eigenvalue weighted by Crippen LogP contribution is -2.47. The molecule has 6 heteroatoms. The Balaban J connectivity index is 1.56. The number of amides is 2. The predicted octanol–water partition coefficient (Wildman–Crippen LogP) is 3.69. The van der Waals surface area contributed by atoms with E-state index in [1.165, 1.54) is 6.42 Å². The molecule has 2 aliphatic rings. The Labute approximate surface area is 195 Å². The summed E-state index contributed by atoms with van der Waals surface area (Å²) >= 11 is 0. The number of nitrogens with zero attached hydrogens (tertiary/aromatic N) is 3. The average Bonchev–Trinajstić information content (AvgIpc) is 3.43. The van der Waals surface area contributed by atoms with Crippen LogP contribution >= 0.6 is 0 Å². The largest absolute Gasteiger partial charge is 0.354 e. The maximum Gasteiger partial charge on any atom is 0.254 e. The van der Waals surface area contributed by atoms with Gasteiger partial charge in [-0.15, -0.1) is 0 Å². The third-order valence-corrected chi connectivity index (χ3v) is 7.53. The molecule has 1 N–H and O–H groups in total. The standard InChI is InChI=1S/C27H32N4O2/c1-4-31-15-9-10-18(31)16-28-26(32)24-20-12-5-6-13-21(20)27(33)30(3)25(24)22-17-29(2)23-14-8-7-11-19(22)23/h5-8,11-14,17-18,24-25H,4,9-10,15-16H2,1-3H3,(H,28,32). The molecule has 172 valence electrons. The molecule has 1 saturated heterocycles. The summed E-state index contributed by atoms with van der Waals surface area (Å²) in [4.78, 5) is 31.3. The number of aromatic nitrogens is 1. The van der Waals surface area contributed by atoms with Crippen LogP contribution in [0.4, 0.5) is 0 Å². The molecule has 1 fully saturated rings. The van der Waals surface area contributed by atoms with Crippen LogP contribution in [0.2, 0.25) is 0 Å². The van der Waals surface area contributed by atoms with Gasteiger partial charge in [0, 0.05) is 54.9 Å². The summed E-state index contributed by atoms with van der Waals surface area (Å²) in [5, 5.41) is 4.34. The van der Waals surface area contributed by atoms with Crippen molar-refractivity contribution in [1.29, 1.82) is 0 Å². The fraction of sp³-hybridized carbons (Fsp3) is 0.407. The summed E-state index contributed by atoms with van der Waals surface area (Å²) < 4.78 is 2.08. The van der Waals surface area contributed by atoms with Crippen LogP contribution in [0.1, 0.15) is 53.2 Å². The van der Waals surface area contributed by atoms with E-state index < -0.39 is 5.92 Å². The quantitative estimate of drug-likeness (QED) is 0.653. The van der Waals surface area contributed by atoms with E-state index in [2.05, 4.69) is 40.0 Å². The van der Waals surface area contributed by atoms with E-state index in [9.17, 15) is 9.59 Å². The van der Waals surface area contributed by atoms with Gasteiger partial charge in [-0.3, -0.25) is 14.5 Å². The van der Waals surface area contributed by atoms with E-state index in [4.69, 9.17) is 0 Å². The van der Waals surface area contributed by atoms with Crippen LogP contribution in [0, 0.1) is 0 Å². The smallest absolute Gasteiger partial charge is 0.254 e. The van der Waals surface area contributed by atoms with Crippen LogP contribution in [0.25, 0.3) is 10.9 Å². The van der Waals surface area contributed by atoms with E-state index in [0.29, 0.717) is 18.2 Å². The van der Waals surface area contributed by atoms with Crippen molar-refractivity contribution in [2.24, 2.45) is 7.05 Å². The van der Waals surface area contributed by atoms with Gasteiger partial charge in [0.25, 0.3) is 5.91 Å². The van der Waals surface area contributed by atoms with E-state index in [-0.39, 0.29) is 17.9 Å². The zero-order valence-electron chi connectivity index (χ0n) is 19.6. The minimum absolute atomic E-state index is 0.0114. The molecule has 0 radical (unpaired) electrons. The SMILES string of the molecule is CCN1CCCC1CNC(=O)C1c2ccccc2C(=O)N(C)C1c1cn(C)c2ccccc12. The van der Waals surface area contributed by atoms with Gasteiger partial charge in [0.15, 0.2) is 0 Å². The maximum atomic E-state index is 13.8. The number of hydrogen-bond donors (Lipinski definition) is 1. The van der Waals surface area contributed by atoms with Crippen LogP contribution in [-0.2, 0) is 11.8 Å². The molecule has 2 aromatic carbocycles. The number of aryl methyl sites for hydroxylation is 1. The average molecular weight is 445 g/mol. The molecule has 5 rings (SSSR count). The van der Waals surface area contributed by atoms with Crippen molar-refractivity contribution in [1.82, 2.24) is 19.7 Å². The molecule has 0 aliphatic carbocycles. The number of rotatable bonds is 5. The second kappa shape index (κ2) is 8.67. The normalized spacial score (nSPS) is 23.2. The van der Waals surface area contributed by atoms with E-state index in [1.807, 2.05) is 50.5 Å². The van der Waals surface area contributed by atoms with E-state index >= 15 is 0 Å². The first-order valence-corrected chi connectivity index (χ1v) is 11.9. The van der Waals surface area contributed by atoms with Crippen molar-refractivity contribution in [3.8, 4) is 0 Å². The second-order valence-corrected chi connectivity index (χ2v) is 9.31. The molecule has 0 bridgehead atoms. The number of carbonyl (C=O) groups excluding carboxylic acids is 2. The number of carbonyl (C=O) groups is 2. The highest BCUT2D eigenvalue weighted by Gasteiger charge is 2.43. The summed E-state index contributed by atoms with van der Waals surface area (Å²) in [6, 6.07) is 15.8. The molecule has 0 spiro atoms. The van der Waals surface area contributed by atoms with Crippen molar-refractivity contribution in [3.63, 3.8) is 0 Å². The van der Waals surface area contributed by atoms with Crippen LogP contribution in [0.15, 0.2) is 54.7 Å². The van der Waals surface area contributed by atoms with Crippen molar-refractivity contribution in [2.75, 3.05) is 26.7 Å². The third kappa shape index (κ3) is 3.62. The highest BCUT2D eigenvalue weighted by Crippen LogP contribution is 2.44. The Hall–Kier alpha value is -3.12. The van der Waals surface area contributed by atoms with E-state index in [1.54, 1.807) is 4.90 Å². The van der Waals surface area contributed by atoms with Crippen LogP contribution < -0.4 is 5.32 Å². The van der Waals surface area contributed by atoms with Gasteiger partial charge in [0.1, 0.15) is 0 Å². The molecule has 33 heavy (non-hydrogen) atoms. The number of likely N-dealkylation sites (N-methyl/N-ethyl adjacent to an activating group) is 2. The molecule has 3 aromatic rings. The highest BCUT2D eigenvalue weighted by molar-refractivity contribution is 6.02. The van der Waals surface area contributed by atoms with Gasteiger partial charge < -0.3 is 14.8 Å². The van der Waals surface area contributed by atoms with E-state index in [0.717, 1.165) is 41.5 Å². The molecule has 3 unspecified atom stereocenters. The first-order chi connectivity index (χ1) is 16.0. The van der Waals surface area contributed by atoms with Crippen molar-refractivity contribution >= 4 is 22.7 Å². The zero-order chi connectivity index (χ0) is 23.1. The van der Waals surface area contributed by atoms with Gasteiger partial charge in [-0.2, -0.15) is 0 Å². The molecule has 3 heterocycles. The fourth-order valence-electron chi connectivity index (χ4n) is 5.83. The fourth-order valence-corrected chi connectivity index (χ4v) is 5.83. The lowest BCUT2D eigenvalue weighted by molar-refractivity contribution is -0.124. The monoisotopic (exact) mass is 444 g/mol. The number of nitrogens with one attached hydrogen (secondary N) is 1. The number of likely N-dealkylation sites (tertiary alicyclic amines) is 1. The van der Waals surface area contributed by atoms with Gasteiger partial charge in [0.2, 0.25) is 5.91 Å². The van der Waals surface area contributed by atoms with Crippen molar-refractivity contribution < 1.29 is 9.59 Å². The molecule has 0 saturated carbocycles. The van der Waals surface area contributed by atoms with Crippen molar-refractivity contribution in [2.45, 2.75) is 37.8 Å². The second-order valence-electron chi connectivity index (χ2n) is 9.31.